The molecule has 20 heavy (non-hydrogen) atoms. The van der Waals surface area contributed by atoms with E-state index in [4.69, 9.17) is 0 Å². The van der Waals surface area contributed by atoms with Crippen LogP contribution in [0.2, 0.25) is 0 Å². The highest BCUT2D eigenvalue weighted by molar-refractivity contribution is 5.62. The first-order valence-electron chi connectivity index (χ1n) is 7.17. The van der Waals surface area contributed by atoms with Gasteiger partial charge in [0.05, 0.1) is 0 Å². The van der Waals surface area contributed by atoms with Gasteiger partial charge >= 0.3 is 0 Å². The van der Waals surface area contributed by atoms with Crippen LogP contribution >= 0.6 is 0 Å². The molecule has 1 aromatic heterocycles. The van der Waals surface area contributed by atoms with Crippen LogP contribution in [0.5, 0.6) is 0 Å². The summed E-state index contributed by atoms with van der Waals surface area (Å²) >= 11 is 0. The van der Waals surface area contributed by atoms with Gasteiger partial charge in [-0.2, -0.15) is 0 Å². The maximum atomic E-state index is 4.39. The van der Waals surface area contributed by atoms with E-state index in [2.05, 4.69) is 51.8 Å². The molecule has 0 spiro atoms. The van der Waals surface area contributed by atoms with Crippen molar-refractivity contribution in [1.29, 1.82) is 0 Å². The average Bonchev–Trinajstić information content (AvgIpc) is 3.00. The van der Waals surface area contributed by atoms with E-state index in [9.17, 15) is 0 Å². The van der Waals surface area contributed by atoms with Crippen LogP contribution in [0.15, 0.2) is 36.7 Å². The third-order valence-electron chi connectivity index (χ3n) is 3.71. The molecule has 104 valence electrons. The third kappa shape index (κ3) is 3.14. The van der Waals surface area contributed by atoms with Crippen LogP contribution in [0.4, 0.5) is 5.95 Å². The molecule has 1 atom stereocenters. The fraction of sp³-hybridized carbons (Fsp3) is 0.375. The molecular weight excluding hydrogens is 248 g/mol. The maximum Gasteiger partial charge on any atom is 0.222 e. The van der Waals surface area contributed by atoms with E-state index in [0.29, 0.717) is 12.0 Å². The lowest BCUT2D eigenvalue weighted by atomic mass is 10.1. The van der Waals surface area contributed by atoms with Gasteiger partial charge in [-0.1, -0.05) is 29.8 Å². The Bertz CT molecular complexity index is 542. The number of rotatable bonds is 4. The van der Waals surface area contributed by atoms with Crippen LogP contribution in [0, 0.1) is 6.92 Å². The minimum Gasteiger partial charge on any atom is -0.353 e. The van der Waals surface area contributed by atoms with E-state index >= 15 is 0 Å². The van der Waals surface area contributed by atoms with E-state index in [1.165, 1.54) is 18.4 Å². The molecule has 0 saturated carbocycles. The highest BCUT2D eigenvalue weighted by atomic mass is 15.1. The Morgan fingerprint density at radius 3 is 2.55 bits per heavy atom. The minimum atomic E-state index is 0.551. The van der Waals surface area contributed by atoms with Gasteiger partial charge in [-0.25, -0.2) is 9.97 Å². The van der Waals surface area contributed by atoms with Gasteiger partial charge < -0.3 is 10.6 Å². The lowest BCUT2D eigenvalue weighted by molar-refractivity contribution is 0.631. The molecule has 2 aromatic rings. The monoisotopic (exact) mass is 268 g/mol. The van der Waals surface area contributed by atoms with Gasteiger partial charge in [0.1, 0.15) is 0 Å². The van der Waals surface area contributed by atoms with Gasteiger partial charge in [0.15, 0.2) is 0 Å². The van der Waals surface area contributed by atoms with Gasteiger partial charge in [0.25, 0.3) is 0 Å². The van der Waals surface area contributed by atoms with Crippen molar-refractivity contribution in [3.8, 4) is 11.1 Å². The fourth-order valence-corrected chi connectivity index (χ4v) is 2.46. The normalized spacial score (nSPS) is 18.1. The lowest BCUT2D eigenvalue weighted by Gasteiger charge is -2.11. The van der Waals surface area contributed by atoms with Crippen molar-refractivity contribution in [2.45, 2.75) is 25.8 Å². The summed E-state index contributed by atoms with van der Waals surface area (Å²) < 4.78 is 0. The van der Waals surface area contributed by atoms with Crippen molar-refractivity contribution in [3.63, 3.8) is 0 Å². The quantitative estimate of drug-likeness (QED) is 0.895. The van der Waals surface area contributed by atoms with Crippen molar-refractivity contribution in [2.24, 2.45) is 0 Å². The Labute approximate surface area is 119 Å². The Balaban J connectivity index is 1.63. The predicted octanol–water partition coefficient (Wildman–Crippen LogP) is 2.62. The van der Waals surface area contributed by atoms with Gasteiger partial charge in [-0.3, -0.25) is 0 Å². The van der Waals surface area contributed by atoms with Crippen LogP contribution in [0.1, 0.15) is 18.4 Å². The second-order valence-electron chi connectivity index (χ2n) is 5.34. The number of hydrogen-bond acceptors (Lipinski definition) is 4. The summed E-state index contributed by atoms with van der Waals surface area (Å²) in [5.74, 6) is 0.703. The molecule has 1 aromatic carbocycles. The van der Waals surface area contributed by atoms with Crippen LogP contribution in [0.25, 0.3) is 11.1 Å². The zero-order valence-corrected chi connectivity index (χ0v) is 11.8. The Kier molecular flexibility index (Phi) is 3.92. The molecule has 0 aliphatic carbocycles. The molecule has 2 heterocycles. The van der Waals surface area contributed by atoms with Gasteiger partial charge in [0, 0.05) is 30.5 Å². The predicted molar refractivity (Wildman–Crippen MR) is 81.7 cm³/mol. The van der Waals surface area contributed by atoms with Gasteiger partial charge in [-0.05, 0) is 31.9 Å². The van der Waals surface area contributed by atoms with E-state index in [-0.39, 0.29) is 0 Å². The largest absolute Gasteiger partial charge is 0.353 e. The first kappa shape index (κ1) is 13.1. The first-order valence-corrected chi connectivity index (χ1v) is 7.17. The van der Waals surface area contributed by atoms with E-state index in [0.717, 1.165) is 24.2 Å². The molecule has 3 rings (SSSR count). The van der Waals surface area contributed by atoms with Crippen molar-refractivity contribution >= 4 is 5.95 Å². The molecule has 1 aliphatic heterocycles. The number of nitrogens with zero attached hydrogens (tertiary/aromatic N) is 2. The number of nitrogens with one attached hydrogen (secondary N) is 2. The first-order chi connectivity index (χ1) is 9.81. The molecule has 0 bridgehead atoms. The smallest absolute Gasteiger partial charge is 0.222 e. The van der Waals surface area contributed by atoms with Crippen LogP contribution in [0.3, 0.4) is 0 Å². The molecule has 2 N–H and O–H groups in total. The van der Waals surface area contributed by atoms with E-state index in [1.807, 2.05) is 12.4 Å². The maximum absolute atomic E-state index is 4.39. The molecule has 1 saturated heterocycles. The fourth-order valence-electron chi connectivity index (χ4n) is 2.46. The highest BCUT2D eigenvalue weighted by Gasteiger charge is 2.13. The summed E-state index contributed by atoms with van der Waals surface area (Å²) in [6.07, 6.45) is 6.25. The summed E-state index contributed by atoms with van der Waals surface area (Å²) in [5, 5.41) is 6.74. The summed E-state index contributed by atoms with van der Waals surface area (Å²) in [5.41, 5.74) is 3.46. The molecular formula is C16H20N4. The van der Waals surface area contributed by atoms with Crippen LogP contribution in [-0.4, -0.2) is 29.1 Å². The zero-order chi connectivity index (χ0) is 13.8. The van der Waals surface area contributed by atoms with Crippen LogP contribution < -0.4 is 10.6 Å². The van der Waals surface area contributed by atoms with Crippen molar-refractivity contribution in [2.75, 3.05) is 18.4 Å². The zero-order valence-electron chi connectivity index (χ0n) is 11.8. The molecule has 4 heteroatoms. The van der Waals surface area contributed by atoms with E-state index in [1.54, 1.807) is 0 Å². The summed E-state index contributed by atoms with van der Waals surface area (Å²) in [6.45, 7) is 4.10. The highest BCUT2D eigenvalue weighted by Crippen LogP contribution is 2.18. The third-order valence-corrected chi connectivity index (χ3v) is 3.71. The Morgan fingerprint density at radius 2 is 1.90 bits per heavy atom. The lowest BCUT2D eigenvalue weighted by Crippen LogP contribution is -2.29. The average molecular weight is 268 g/mol. The minimum absolute atomic E-state index is 0.551. The standard InChI is InChI=1S/C16H20N4/c1-12-4-6-13(7-5-12)14-9-18-16(19-10-14)20-11-15-3-2-8-17-15/h4-7,9-10,15,17H,2-3,8,11H2,1H3,(H,18,19,20). The topological polar surface area (TPSA) is 49.8 Å². The van der Waals surface area contributed by atoms with Crippen LogP contribution in [-0.2, 0) is 0 Å². The van der Waals surface area contributed by atoms with Crippen molar-refractivity contribution < 1.29 is 0 Å². The Morgan fingerprint density at radius 1 is 1.15 bits per heavy atom. The SMILES string of the molecule is Cc1ccc(-c2cnc(NCC3CCCN3)nc2)cc1. The van der Waals surface area contributed by atoms with Gasteiger partial charge in [0.2, 0.25) is 5.95 Å². The summed E-state index contributed by atoms with van der Waals surface area (Å²) in [6, 6.07) is 8.96. The number of benzene rings is 1. The molecule has 0 amide bonds. The number of anilines is 1. The second kappa shape index (κ2) is 6.01. The molecule has 4 nitrogen and oxygen atoms in total. The van der Waals surface area contributed by atoms with Crippen molar-refractivity contribution in [1.82, 2.24) is 15.3 Å². The van der Waals surface area contributed by atoms with Gasteiger partial charge in [-0.15, -0.1) is 0 Å². The number of hydrogen-bond donors (Lipinski definition) is 2. The second-order valence-corrected chi connectivity index (χ2v) is 5.34. The molecule has 1 aliphatic rings. The van der Waals surface area contributed by atoms with Crippen molar-refractivity contribution in [3.05, 3.63) is 42.2 Å². The number of aromatic nitrogens is 2. The molecule has 1 fully saturated rings. The summed E-state index contributed by atoms with van der Waals surface area (Å²) in [4.78, 5) is 8.78. The molecule has 1 unspecified atom stereocenters. The number of aryl methyl sites for hydroxylation is 1. The molecule has 0 radical (unpaired) electrons. The summed E-state index contributed by atoms with van der Waals surface area (Å²) in [7, 11) is 0. The van der Waals surface area contributed by atoms with E-state index < -0.39 is 0 Å². The Hall–Kier alpha value is -1.94.